The van der Waals surface area contributed by atoms with Crippen LogP contribution >= 0.6 is 0 Å². The highest BCUT2D eigenvalue weighted by Gasteiger charge is 2.16. The van der Waals surface area contributed by atoms with Gasteiger partial charge in [0.15, 0.2) is 0 Å². The predicted octanol–water partition coefficient (Wildman–Crippen LogP) is 1.64. The molecule has 0 heterocycles. The zero-order chi connectivity index (χ0) is 16.5. The second kappa shape index (κ2) is 9.20. The monoisotopic (exact) mass is 306 g/mol. The number of hydrogen-bond donors (Lipinski definition) is 3. The number of hydrogen-bond acceptors (Lipinski definition) is 3. The van der Waals surface area contributed by atoms with Crippen LogP contribution in [0.25, 0.3) is 0 Å². The summed E-state index contributed by atoms with van der Waals surface area (Å²) in [5.41, 5.74) is 1.52. The van der Waals surface area contributed by atoms with Crippen molar-refractivity contribution in [2.75, 3.05) is 13.1 Å². The number of rotatable bonds is 8. The number of nitrogens with one attached hydrogen (secondary N) is 2. The topological polar surface area (TPSA) is 78.4 Å². The summed E-state index contributed by atoms with van der Waals surface area (Å²) in [7, 11) is 0. The van der Waals surface area contributed by atoms with Crippen molar-refractivity contribution < 1.29 is 14.7 Å². The van der Waals surface area contributed by atoms with Gasteiger partial charge < -0.3 is 15.7 Å². The van der Waals surface area contributed by atoms with Crippen molar-refractivity contribution in [2.45, 2.75) is 39.7 Å². The fraction of sp³-hybridized carbons (Fsp3) is 0.529. The highest BCUT2D eigenvalue weighted by atomic mass is 16.3. The first kappa shape index (κ1) is 18.2. The number of benzene rings is 1. The fourth-order valence-corrected chi connectivity index (χ4v) is 2.33. The number of aryl methyl sites for hydroxylation is 1. The molecule has 0 aliphatic carbocycles. The standard InChI is InChI=1S/C17H26N2O3/c1-4-13(5-2)15(20)10-18-16(21)11-19-17(22)14-8-6-7-12(3)9-14/h6-9,13,15,20H,4-5,10-11H2,1-3H3,(H,18,21)(H,19,22). The van der Waals surface area contributed by atoms with Crippen molar-refractivity contribution in [3.63, 3.8) is 0 Å². The molecule has 1 rings (SSSR count). The molecule has 0 aliphatic rings. The van der Waals surface area contributed by atoms with E-state index in [0.29, 0.717) is 5.56 Å². The van der Waals surface area contributed by atoms with Gasteiger partial charge in [0.05, 0.1) is 12.6 Å². The Morgan fingerprint density at radius 3 is 2.45 bits per heavy atom. The summed E-state index contributed by atoms with van der Waals surface area (Å²) < 4.78 is 0. The van der Waals surface area contributed by atoms with E-state index >= 15 is 0 Å². The van der Waals surface area contributed by atoms with Gasteiger partial charge in [-0.1, -0.05) is 44.4 Å². The lowest BCUT2D eigenvalue weighted by Crippen LogP contribution is -2.41. The highest BCUT2D eigenvalue weighted by molar-refractivity contribution is 5.96. The lowest BCUT2D eigenvalue weighted by atomic mass is 9.96. The van der Waals surface area contributed by atoms with E-state index in [0.717, 1.165) is 18.4 Å². The third kappa shape index (κ3) is 5.85. The van der Waals surface area contributed by atoms with E-state index < -0.39 is 6.10 Å². The van der Waals surface area contributed by atoms with Crippen LogP contribution in [0.3, 0.4) is 0 Å². The van der Waals surface area contributed by atoms with Crippen LogP contribution in [-0.2, 0) is 4.79 Å². The minimum absolute atomic E-state index is 0.0948. The molecule has 0 radical (unpaired) electrons. The zero-order valence-corrected chi connectivity index (χ0v) is 13.6. The average Bonchev–Trinajstić information content (AvgIpc) is 2.51. The Labute approximate surface area is 132 Å². The van der Waals surface area contributed by atoms with Crippen molar-refractivity contribution in [3.05, 3.63) is 35.4 Å². The number of aliphatic hydroxyl groups excluding tert-OH is 1. The first-order valence-electron chi connectivity index (χ1n) is 7.77. The van der Waals surface area contributed by atoms with Crippen LogP contribution < -0.4 is 10.6 Å². The van der Waals surface area contributed by atoms with Crippen LogP contribution in [0.1, 0.15) is 42.6 Å². The van der Waals surface area contributed by atoms with Crippen LogP contribution in [0.2, 0.25) is 0 Å². The molecule has 1 unspecified atom stereocenters. The molecule has 0 bridgehead atoms. The van der Waals surface area contributed by atoms with Gasteiger partial charge in [-0.15, -0.1) is 0 Å². The Morgan fingerprint density at radius 2 is 1.86 bits per heavy atom. The lowest BCUT2D eigenvalue weighted by molar-refractivity contribution is -0.120. The number of aliphatic hydroxyl groups is 1. The third-order valence-electron chi connectivity index (χ3n) is 3.79. The van der Waals surface area contributed by atoms with Gasteiger partial charge in [-0.3, -0.25) is 9.59 Å². The van der Waals surface area contributed by atoms with Gasteiger partial charge in [0, 0.05) is 12.1 Å². The lowest BCUT2D eigenvalue weighted by Gasteiger charge is -2.20. The molecule has 0 spiro atoms. The van der Waals surface area contributed by atoms with E-state index in [9.17, 15) is 14.7 Å². The summed E-state index contributed by atoms with van der Waals surface area (Å²) in [6.07, 6.45) is 1.20. The van der Waals surface area contributed by atoms with Crippen molar-refractivity contribution in [2.24, 2.45) is 5.92 Å². The minimum atomic E-state index is -0.550. The van der Waals surface area contributed by atoms with E-state index in [1.807, 2.05) is 26.8 Å². The third-order valence-corrected chi connectivity index (χ3v) is 3.79. The van der Waals surface area contributed by atoms with Crippen molar-refractivity contribution >= 4 is 11.8 Å². The summed E-state index contributed by atoms with van der Waals surface area (Å²) in [5.74, 6) is -0.396. The van der Waals surface area contributed by atoms with Crippen molar-refractivity contribution in [3.8, 4) is 0 Å². The van der Waals surface area contributed by atoms with Gasteiger partial charge in [-0.2, -0.15) is 0 Å². The first-order chi connectivity index (χ1) is 10.5. The maximum Gasteiger partial charge on any atom is 0.251 e. The van der Waals surface area contributed by atoms with Crippen LogP contribution in [0.15, 0.2) is 24.3 Å². The second-order valence-electron chi connectivity index (χ2n) is 5.50. The van der Waals surface area contributed by atoms with Crippen molar-refractivity contribution in [1.29, 1.82) is 0 Å². The highest BCUT2D eigenvalue weighted by Crippen LogP contribution is 2.12. The van der Waals surface area contributed by atoms with Gasteiger partial charge in [0.25, 0.3) is 5.91 Å². The quantitative estimate of drug-likeness (QED) is 0.683. The minimum Gasteiger partial charge on any atom is -0.391 e. The zero-order valence-electron chi connectivity index (χ0n) is 13.6. The summed E-state index contributed by atoms with van der Waals surface area (Å²) in [6.45, 7) is 6.05. The number of carbonyl (C=O) groups excluding carboxylic acids is 2. The molecule has 0 aliphatic heterocycles. The van der Waals surface area contributed by atoms with E-state index in [2.05, 4.69) is 10.6 Å². The van der Waals surface area contributed by atoms with Crippen LogP contribution in [0.4, 0.5) is 0 Å². The molecule has 5 nitrogen and oxygen atoms in total. The van der Waals surface area contributed by atoms with Crippen molar-refractivity contribution in [1.82, 2.24) is 10.6 Å². The normalized spacial score (nSPS) is 12.0. The Hall–Kier alpha value is -1.88. The van der Waals surface area contributed by atoms with Gasteiger partial charge in [-0.05, 0) is 25.0 Å². The summed E-state index contributed by atoms with van der Waals surface area (Å²) in [4.78, 5) is 23.6. The molecule has 1 aromatic carbocycles. The molecule has 0 fully saturated rings. The summed E-state index contributed by atoms with van der Waals surface area (Å²) in [6, 6.07) is 7.18. The SMILES string of the molecule is CCC(CC)C(O)CNC(=O)CNC(=O)c1cccc(C)c1. The van der Waals surface area contributed by atoms with Gasteiger partial charge in [0.2, 0.25) is 5.91 Å². The van der Waals surface area contributed by atoms with Crippen LogP contribution in [0.5, 0.6) is 0 Å². The van der Waals surface area contributed by atoms with E-state index in [1.54, 1.807) is 18.2 Å². The molecular formula is C17H26N2O3. The fourth-order valence-electron chi connectivity index (χ4n) is 2.33. The Kier molecular flexibility index (Phi) is 7.60. The first-order valence-corrected chi connectivity index (χ1v) is 7.77. The Bertz CT molecular complexity index is 498. The molecule has 2 amide bonds. The van der Waals surface area contributed by atoms with E-state index in [1.165, 1.54) is 0 Å². The number of carbonyl (C=O) groups is 2. The van der Waals surface area contributed by atoms with E-state index in [4.69, 9.17) is 0 Å². The van der Waals surface area contributed by atoms with Gasteiger partial charge in [-0.25, -0.2) is 0 Å². The molecule has 0 saturated carbocycles. The Morgan fingerprint density at radius 1 is 1.18 bits per heavy atom. The average molecular weight is 306 g/mol. The largest absolute Gasteiger partial charge is 0.391 e. The molecule has 5 heteroatoms. The molecule has 1 aromatic rings. The van der Waals surface area contributed by atoms with Crippen LogP contribution in [0, 0.1) is 12.8 Å². The molecule has 1 atom stereocenters. The summed E-state index contributed by atoms with van der Waals surface area (Å²) >= 11 is 0. The molecule has 0 saturated heterocycles. The number of amides is 2. The molecule has 3 N–H and O–H groups in total. The smallest absolute Gasteiger partial charge is 0.251 e. The van der Waals surface area contributed by atoms with E-state index in [-0.39, 0.29) is 30.8 Å². The summed E-state index contributed by atoms with van der Waals surface area (Å²) in [5, 5.41) is 15.2. The van der Waals surface area contributed by atoms with Crippen LogP contribution in [-0.4, -0.2) is 36.1 Å². The maximum absolute atomic E-state index is 11.9. The molecular weight excluding hydrogens is 280 g/mol. The van der Waals surface area contributed by atoms with Gasteiger partial charge >= 0.3 is 0 Å². The maximum atomic E-state index is 11.9. The second-order valence-corrected chi connectivity index (χ2v) is 5.50. The molecule has 122 valence electrons. The van der Waals surface area contributed by atoms with Gasteiger partial charge in [0.1, 0.15) is 0 Å². The molecule has 0 aromatic heterocycles. The predicted molar refractivity (Wildman–Crippen MR) is 86.6 cm³/mol. The molecule has 22 heavy (non-hydrogen) atoms. The Balaban J connectivity index is 2.35.